The van der Waals surface area contributed by atoms with E-state index in [1.54, 1.807) is 76.6 Å². The molecule has 0 saturated heterocycles. The number of nitrogens with zero attached hydrogens (tertiary/aromatic N) is 1. The van der Waals surface area contributed by atoms with E-state index in [0.29, 0.717) is 155 Å². The first-order valence-corrected chi connectivity index (χ1v) is 32.5. The van der Waals surface area contributed by atoms with Crippen LogP contribution >= 0.6 is 0 Å². The van der Waals surface area contributed by atoms with E-state index in [1.807, 2.05) is 18.4 Å². The number of Topliss-reactive ketones (excluding diaryl/α,β-unsaturated/α-hetero) is 1. The lowest BCUT2D eigenvalue weighted by Gasteiger charge is -2.21. The number of ether oxygens (including phenoxy) is 15. The number of benzene rings is 3. The summed E-state index contributed by atoms with van der Waals surface area (Å²) in [6.07, 6.45) is 1.78. The topological polar surface area (TPSA) is 297 Å². The van der Waals surface area contributed by atoms with Gasteiger partial charge in [0.15, 0.2) is 6.54 Å². The molecule has 0 fully saturated rings. The molecule has 0 radical (unpaired) electrons. The zero-order chi connectivity index (χ0) is 65.2. The predicted octanol–water partition coefficient (Wildman–Crippen LogP) is 6.50. The van der Waals surface area contributed by atoms with Crippen molar-refractivity contribution in [2.45, 2.75) is 97.8 Å². The van der Waals surface area contributed by atoms with Gasteiger partial charge in [-0.3, -0.25) is 18.9 Å². The van der Waals surface area contributed by atoms with Gasteiger partial charge < -0.3 is 81.5 Å². The molecule has 3 aromatic carbocycles. The number of carboxylic acid groups (broad SMARTS) is 1. The van der Waals surface area contributed by atoms with Crippen LogP contribution < -0.4 is 24.1 Å². The summed E-state index contributed by atoms with van der Waals surface area (Å²) in [5.41, 5.74) is 2.40. The summed E-state index contributed by atoms with van der Waals surface area (Å²) in [6.45, 7) is 14.7. The quantitative estimate of drug-likeness (QED) is 0.0106. The largest absolute Gasteiger partial charge is 0.486 e. The Balaban J connectivity index is 1.72. The Morgan fingerprint density at radius 3 is 1.42 bits per heavy atom. The second kappa shape index (κ2) is 45.7. The number of aryl methyl sites for hydroxylation is 3. The van der Waals surface area contributed by atoms with Crippen molar-refractivity contribution in [1.29, 1.82) is 0 Å². The number of hydrogen-bond donors (Lipinski definition) is 3. The van der Waals surface area contributed by atoms with Crippen LogP contribution in [0.1, 0.15) is 97.1 Å². The van der Waals surface area contributed by atoms with Crippen molar-refractivity contribution in [2.24, 2.45) is 0 Å². The normalized spacial score (nSPS) is 11.8. The molecule has 1 amide bonds. The van der Waals surface area contributed by atoms with Crippen molar-refractivity contribution in [3.8, 4) is 17.2 Å². The Labute approximate surface area is 529 Å². The fraction of sp³-hybridized carbons (Fsp3) is 0.641. The number of carboxylic acids is 1. The van der Waals surface area contributed by atoms with Gasteiger partial charge in [0, 0.05) is 84.0 Å². The maximum atomic E-state index is 15.4. The van der Waals surface area contributed by atoms with Crippen molar-refractivity contribution >= 4 is 55.6 Å². The lowest BCUT2D eigenvalue weighted by atomic mass is 10.0. The smallest absolute Gasteiger partial charge is 0.345 e. The first-order valence-electron chi connectivity index (χ1n) is 30.9. The van der Waals surface area contributed by atoms with Crippen LogP contribution in [0.15, 0.2) is 48.5 Å². The number of nitrogens with one attached hydrogen (secondary N) is 1. The van der Waals surface area contributed by atoms with Gasteiger partial charge in [0.2, 0.25) is 11.0 Å². The number of aromatic nitrogens is 1. The van der Waals surface area contributed by atoms with Gasteiger partial charge in [-0.25, -0.2) is 4.79 Å². The molecular weight excluding hydrogens is 1200 g/mol. The highest BCUT2D eigenvalue weighted by molar-refractivity contribution is 7.85. The number of fused-ring (bicyclic) bond motifs is 2. The van der Waals surface area contributed by atoms with Gasteiger partial charge in [0.1, 0.15) is 35.2 Å². The first kappa shape index (κ1) is 76.9. The van der Waals surface area contributed by atoms with Gasteiger partial charge >= 0.3 is 11.9 Å². The molecule has 0 bridgehead atoms. The van der Waals surface area contributed by atoms with Gasteiger partial charge in [-0.2, -0.15) is 13.0 Å². The van der Waals surface area contributed by atoms with Gasteiger partial charge in [0.25, 0.3) is 16.0 Å². The highest BCUT2D eigenvalue weighted by Crippen LogP contribution is 2.34. The fourth-order valence-corrected chi connectivity index (χ4v) is 9.59. The molecule has 4 aromatic rings. The van der Waals surface area contributed by atoms with Gasteiger partial charge in [-0.1, -0.05) is 13.8 Å². The number of rotatable bonds is 55. The van der Waals surface area contributed by atoms with E-state index in [4.69, 9.17) is 76.2 Å². The summed E-state index contributed by atoms with van der Waals surface area (Å²) in [5.74, 6) is -1.74. The highest BCUT2D eigenvalue weighted by Gasteiger charge is 2.29. The van der Waals surface area contributed by atoms with E-state index in [0.717, 1.165) is 12.8 Å². The van der Waals surface area contributed by atoms with Gasteiger partial charge in [0.05, 0.1) is 148 Å². The third-order valence-electron chi connectivity index (χ3n) is 13.3. The number of carbonyl (C=O) groups excluding carboxylic acids is 3. The van der Waals surface area contributed by atoms with Crippen LogP contribution in [-0.4, -0.2) is 226 Å². The van der Waals surface area contributed by atoms with Crippen molar-refractivity contribution < 1.29 is 113 Å². The molecule has 506 valence electrons. The molecule has 3 N–H and O–H groups in total. The van der Waals surface area contributed by atoms with E-state index in [9.17, 15) is 27.4 Å². The maximum absolute atomic E-state index is 15.4. The third-order valence-corrected chi connectivity index (χ3v) is 14.1. The van der Waals surface area contributed by atoms with Crippen molar-refractivity contribution in [1.82, 2.24) is 5.32 Å². The minimum atomic E-state index is -4.36. The number of esters is 1. The number of hydrogen-bond acceptors (Lipinski definition) is 21. The van der Waals surface area contributed by atoms with Crippen molar-refractivity contribution in [2.75, 3.05) is 172 Å². The van der Waals surface area contributed by atoms with Crippen LogP contribution in [0.5, 0.6) is 17.2 Å². The van der Waals surface area contributed by atoms with Crippen LogP contribution in [0.25, 0.3) is 21.8 Å². The standard InChI is InChI=1S/C64H96N2O23S/c1-7-21-77-31-35-83-44-54(45-84-36-32-78-22-8-2)87-52-15-17-58-56(42-52)61(64(71)89-62-48(3)40-50(41-49(62)4)63(70)65-19-24-80-30-29-79-23-10-13-51(67)12-9-14-60(68)69)57-43-53(16-18-59(57)66(58)20-11-39-90(72,73)74)88-55(46-85-37-33-81-27-25-75-5)47-86-38-34-82-28-26-76-6/h15-18,40-43,54-55H,7-14,19-39,44-47H2,1-6H3,(H2-,65,68,69,70,72,73,74)/p+1. The number of methoxy groups -OCH3 is 2. The van der Waals surface area contributed by atoms with Crippen LogP contribution in [0.3, 0.4) is 0 Å². The lowest BCUT2D eigenvalue weighted by Crippen LogP contribution is -2.37. The van der Waals surface area contributed by atoms with Crippen molar-refractivity contribution in [3.63, 3.8) is 0 Å². The summed E-state index contributed by atoms with van der Waals surface area (Å²) < 4.78 is 124. The molecule has 0 aliphatic rings. The fourth-order valence-electron chi connectivity index (χ4n) is 9.10. The Morgan fingerprint density at radius 1 is 0.533 bits per heavy atom. The third kappa shape index (κ3) is 31.2. The second-order valence-electron chi connectivity index (χ2n) is 20.9. The zero-order valence-corrected chi connectivity index (χ0v) is 54.2. The Morgan fingerprint density at radius 2 is 0.967 bits per heavy atom. The van der Waals surface area contributed by atoms with Crippen molar-refractivity contribution in [3.05, 3.63) is 70.8 Å². The lowest BCUT2D eigenvalue weighted by molar-refractivity contribution is -0.645. The monoisotopic (exact) mass is 1290 g/mol. The van der Waals surface area contributed by atoms with E-state index < -0.39 is 40.0 Å². The van der Waals surface area contributed by atoms with E-state index in [-0.39, 0.29) is 115 Å². The SMILES string of the molecule is CCCOCCOCC(COCCOCCC)Oc1ccc2c(c1)c(C(=O)Oc1c(C)cc(C(=O)NCCOCCOCCCC(=O)CCCC(=O)O)cc1C)c1cc(OC(COCCOCCOC)COCCOCCOC)ccc1[n+]2CCCS(=O)(=O)O. The number of carbonyl (C=O) groups is 4. The molecule has 0 aliphatic carbocycles. The second-order valence-corrected chi connectivity index (χ2v) is 22.5. The minimum Gasteiger partial charge on any atom is -0.486 e. The Kier molecular flexibility index (Phi) is 39.0. The van der Waals surface area contributed by atoms with Gasteiger partial charge in [-0.05, 0) is 87.1 Å². The average Bonchev–Trinajstić information content (AvgIpc) is 0.748. The summed E-state index contributed by atoms with van der Waals surface area (Å²) in [6, 6.07) is 13.6. The molecule has 0 atom stereocenters. The number of pyridine rings is 1. The van der Waals surface area contributed by atoms with E-state index in [2.05, 4.69) is 5.32 Å². The summed E-state index contributed by atoms with van der Waals surface area (Å²) >= 11 is 0. The van der Waals surface area contributed by atoms with Crippen LogP contribution in [-0.2, 0) is 83.1 Å². The maximum Gasteiger partial charge on any atom is 0.345 e. The summed E-state index contributed by atoms with van der Waals surface area (Å²) in [7, 11) is -1.18. The van der Waals surface area contributed by atoms with E-state index in [1.165, 1.54) is 0 Å². The molecule has 0 saturated carbocycles. The van der Waals surface area contributed by atoms with Crippen LogP contribution in [0.4, 0.5) is 0 Å². The van der Waals surface area contributed by atoms with Crippen LogP contribution in [0, 0.1) is 13.8 Å². The Bertz CT molecular complexity index is 2780. The molecule has 0 spiro atoms. The number of amides is 1. The summed E-state index contributed by atoms with van der Waals surface area (Å²) in [4.78, 5) is 51.6. The molecule has 26 heteroatoms. The van der Waals surface area contributed by atoms with Gasteiger partial charge in [-0.15, -0.1) is 0 Å². The molecule has 90 heavy (non-hydrogen) atoms. The predicted molar refractivity (Wildman–Crippen MR) is 333 cm³/mol. The zero-order valence-electron chi connectivity index (χ0n) is 53.4. The number of aliphatic carboxylic acids is 1. The molecule has 0 unspecified atom stereocenters. The van der Waals surface area contributed by atoms with E-state index >= 15 is 4.79 Å². The molecule has 0 aliphatic heterocycles. The molecule has 1 heterocycles. The Hall–Kier alpha value is -5.56. The molecule has 4 rings (SSSR count). The molecular formula is C64H97N2O23S+. The van der Waals surface area contributed by atoms with Crippen LogP contribution in [0.2, 0.25) is 0 Å². The number of ketones is 1. The first-order chi connectivity index (χ1) is 43.6. The highest BCUT2D eigenvalue weighted by atomic mass is 32.2. The molecule has 25 nitrogen and oxygen atoms in total. The summed E-state index contributed by atoms with van der Waals surface area (Å²) in [5, 5.41) is 12.3. The minimum absolute atomic E-state index is 0.000873. The average molecular weight is 1290 g/mol. The molecule has 1 aromatic heterocycles.